The highest BCUT2D eigenvalue weighted by molar-refractivity contribution is 7.12. The van der Waals surface area contributed by atoms with Crippen LogP contribution in [0.1, 0.15) is 9.88 Å². The lowest BCUT2D eigenvalue weighted by atomic mass is 10.1. The molecule has 3 rings (SSSR count). The van der Waals surface area contributed by atoms with E-state index >= 15 is 0 Å². The van der Waals surface area contributed by atoms with Gasteiger partial charge in [0.1, 0.15) is 10.9 Å². The fraction of sp³-hybridized carbons (Fsp3) is 0.0833. The maximum absolute atomic E-state index is 11.2. The van der Waals surface area contributed by atoms with Crippen molar-refractivity contribution in [2.45, 2.75) is 6.92 Å². The van der Waals surface area contributed by atoms with Crippen molar-refractivity contribution >= 4 is 22.4 Å². The van der Waals surface area contributed by atoms with Gasteiger partial charge in [-0.2, -0.15) is 5.26 Å². The summed E-state index contributed by atoms with van der Waals surface area (Å²) in [5.74, 6) is 0. The molecule has 0 spiro atoms. The third-order valence-corrected chi connectivity index (χ3v) is 3.50. The number of rotatable bonds is 1. The van der Waals surface area contributed by atoms with Crippen LogP contribution in [-0.2, 0) is 0 Å². The molecule has 0 aliphatic carbocycles. The second kappa shape index (κ2) is 3.82. The van der Waals surface area contributed by atoms with Gasteiger partial charge in [-0.05, 0) is 19.1 Å². The van der Waals surface area contributed by atoms with Crippen LogP contribution in [-0.4, -0.2) is 15.0 Å². The average molecular weight is 256 g/mol. The zero-order chi connectivity index (χ0) is 12.7. The molecule has 2 aromatic heterocycles. The van der Waals surface area contributed by atoms with E-state index in [1.165, 1.54) is 11.3 Å². The van der Waals surface area contributed by atoms with Crippen LogP contribution in [0.2, 0.25) is 0 Å². The van der Waals surface area contributed by atoms with Crippen molar-refractivity contribution in [1.29, 1.82) is 5.26 Å². The second-order valence-electron chi connectivity index (χ2n) is 3.86. The molecule has 0 saturated carbocycles. The van der Waals surface area contributed by atoms with Crippen LogP contribution in [0.15, 0.2) is 23.0 Å². The van der Waals surface area contributed by atoms with Gasteiger partial charge in [-0.3, -0.25) is 0 Å². The second-order valence-corrected chi connectivity index (χ2v) is 5.07. The largest absolute Gasteiger partial charge is 0.323 e. The molecular weight excluding hydrogens is 248 g/mol. The van der Waals surface area contributed by atoms with Crippen molar-refractivity contribution in [1.82, 2.24) is 15.0 Å². The quantitative estimate of drug-likeness (QED) is 0.699. The normalized spacial score (nSPS) is 10.7. The Morgan fingerprint density at radius 2 is 2.11 bits per heavy atom. The molecular formula is C12H8N4OS. The molecule has 1 aromatic carbocycles. The van der Waals surface area contributed by atoms with Gasteiger partial charge in [-0.1, -0.05) is 6.07 Å². The van der Waals surface area contributed by atoms with E-state index in [9.17, 15) is 4.79 Å². The maximum Gasteiger partial charge on any atom is 0.323 e. The van der Waals surface area contributed by atoms with Crippen molar-refractivity contribution in [2.75, 3.05) is 0 Å². The highest BCUT2D eigenvalue weighted by atomic mass is 32.1. The topological polar surface area (TPSA) is 85.3 Å². The summed E-state index contributed by atoms with van der Waals surface area (Å²) in [6, 6.07) is 7.62. The molecule has 0 aliphatic heterocycles. The van der Waals surface area contributed by atoms with Crippen LogP contribution in [0.4, 0.5) is 0 Å². The Morgan fingerprint density at radius 1 is 1.33 bits per heavy atom. The van der Waals surface area contributed by atoms with Gasteiger partial charge in [-0.15, -0.1) is 11.3 Å². The molecule has 2 heterocycles. The summed E-state index contributed by atoms with van der Waals surface area (Å²) in [7, 11) is 0. The molecule has 5 nitrogen and oxygen atoms in total. The first-order valence-corrected chi connectivity index (χ1v) is 6.09. The maximum atomic E-state index is 11.2. The minimum absolute atomic E-state index is 0.239. The Hall–Kier alpha value is -2.39. The standard InChI is InChI=1S/C12H8N4OS/c1-6-14-11(10(5-13)18-6)7-2-3-8-9(4-7)16-12(17)15-8/h2-4H,1H3,(H2,15,16,17). The van der Waals surface area contributed by atoms with E-state index in [1.807, 2.05) is 19.1 Å². The lowest BCUT2D eigenvalue weighted by Gasteiger charge is -1.97. The summed E-state index contributed by atoms with van der Waals surface area (Å²) in [6.07, 6.45) is 0. The lowest BCUT2D eigenvalue weighted by Crippen LogP contribution is -1.99. The number of nitrogens with one attached hydrogen (secondary N) is 2. The van der Waals surface area contributed by atoms with Crippen molar-refractivity contribution < 1.29 is 0 Å². The predicted molar refractivity (Wildman–Crippen MR) is 69.5 cm³/mol. The highest BCUT2D eigenvalue weighted by Crippen LogP contribution is 2.28. The molecule has 0 fully saturated rings. The van der Waals surface area contributed by atoms with Crippen molar-refractivity contribution in [2.24, 2.45) is 0 Å². The SMILES string of the molecule is Cc1nc(-c2ccc3[nH]c(=O)[nH]c3c2)c(C#N)s1. The third-order valence-electron chi connectivity index (χ3n) is 2.63. The predicted octanol–water partition coefficient (Wildman–Crippen LogP) is 2.16. The molecule has 0 bridgehead atoms. The van der Waals surface area contributed by atoms with Gasteiger partial charge in [0.05, 0.1) is 21.7 Å². The fourth-order valence-corrected chi connectivity index (χ4v) is 2.62. The molecule has 0 unspecified atom stereocenters. The van der Waals surface area contributed by atoms with E-state index in [0.717, 1.165) is 16.1 Å². The summed E-state index contributed by atoms with van der Waals surface area (Å²) in [4.78, 5) is 21.5. The van der Waals surface area contributed by atoms with Gasteiger partial charge >= 0.3 is 5.69 Å². The Balaban J connectivity index is 2.25. The summed E-state index contributed by atoms with van der Waals surface area (Å²) >= 11 is 1.37. The number of H-pyrrole nitrogens is 2. The van der Waals surface area contributed by atoms with E-state index in [1.54, 1.807) is 6.07 Å². The van der Waals surface area contributed by atoms with Crippen LogP contribution >= 0.6 is 11.3 Å². The molecule has 0 saturated heterocycles. The summed E-state index contributed by atoms with van der Waals surface area (Å²) in [5.41, 5.74) is 2.72. The lowest BCUT2D eigenvalue weighted by molar-refractivity contribution is 1.21. The molecule has 0 radical (unpaired) electrons. The first-order chi connectivity index (χ1) is 8.67. The number of benzene rings is 1. The van der Waals surface area contributed by atoms with Gasteiger partial charge in [0.15, 0.2) is 0 Å². The van der Waals surface area contributed by atoms with Gasteiger partial charge in [-0.25, -0.2) is 9.78 Å². The Bertz CT molecular complexity index is 834. The van der Waals surface area contributed by atoms with E-state index < -0.39 is 0 Å². The number of nitrogens with zero attached hydrogens (tertiary/aromatic N) is 2. The zero-order valence-corrected chi connectivity index (χ0v) is 10.3. The first-order valence-electron chi connectivity index (χ1n) is 5.27. The van der Waals surface area contributed by atoms with E-state index in [-0.39, 0.29) is 5.69 Å². The highest BCUT2D eigenvalue weighted by Gasteiger charge is 2.11. The monoisotopic (exact) mass is 256 g/mol. The molecule has 6 heteroatoms. The number of aromatic amines is 2. The molecule has 0 aliphatic rings. The number of hydrogen-bond acceptors (Lipinski definition) is 4. The Morgan fingerprint density at radius 3 is 2.89 bits per heavy atom. The fourth-order valence-electron chi connectivity index (χ4n) is 1.88. The van der Waals surface area contributed by atoms with E-state index in [2.05, 4.69) is 21.0 Å². The smallest absolute Gasteiger partial charge is 0.306 e. The third kappa shape index (κ3) is 1.61. The van der Waals surface area contributed by atoms with Crippen molar-refractivity contribution in [3.63, 3.8) is 0 Å². The first kappa shape index (κ1) is 10.7. The molecule has 3 aromatic rings. The number of imidazole rings is 1. The van der Waals surface area contributed by atoms with Crippen LogP contribution in [0.25, 0.3) is 22.3 Å². The van der Waals surface area contributed by atoms with E-state index in [0.29, 0.717) is 16.1 Å². The summed E-state index contributed by atoms with van der Waals surface area (Å²) in [6.45, 7) is 1.87. The number of nitriles is 1. The van der Waals surface area contributed by atoms with Gasteiger partial charge in [0.2, 0.25) is 0 Å². The molecule has 18 heavy (non-hydrogen) atoms. The van der Waals surface area contributed by atoms with Gasteiger partial charge in [0.25, 0.3) is 0 Å². The van der Waals surface area contributed by atoms with Crippen LogP contribution in [0.5, 0.6) is 0 Å². The van der Waals surface area contributed by atoms with Crippen molar-refractivity contribution in [3.8, 4) is 17.3 Å². The minimum Gasteiger partial charge on any atom is -0.306 e. The molecule has 0 atom stereocenters. The molecule has 0 amide bonds. The zero-order valence-electron chi connectivity index (χ0n) is 9.44. The number of aromatic nitrogens is 3. The molecule has 88 valence electrons. The van der Waals surface area contributed by atoms with Gasteiger partial charge < -0.3 is 9.97 Å². The molecule has 2 N–H and O–H groups in total. The number of fused-ring (bicyclic) bond motifs is 1. The van der Waals surface area contributed by atoms with Gasteiger partial charge in [0, 0.05) is 5.56 Å². The minimum atomic E-state index is -0.239. The average Bonchev–Trinajstić information content (AvgIpc) is 2.89. The van der Waals surface area contributed by atoms with E-state index in [4.69, 9.17) is 5.26 Å². The van der Waals surface area contributed by atoms with Crippen molar-refractivity contribution in [3.05, 3.63) is 38.6 Å². The number of hydrogen-bond donors (Lipinski definition) is 2. The number of thiazole rings is 1. The summed E-state index contributed by atoms with van der Waals surface area (Å²) in [5, 5.41) is 9.92. The number of aryl methyl sites for hydroxylation is 1. The Labute approximate surface area is 106 Å². The van der Waals surface area contributed by atoms with Crippen LogP contribution in [0.3, 0.4) is 0 Å². The van der Waals surface area contributed by atoms with Crippen LogP contribution in [0, 0.1) is 18.3 Å². The Kier molecular flexibility index (Phi) is 2.28. The van der Waals surface area contributed by atoms with Crippen LogP contribution < -0.4 is 5.69 Å². The summed E-state index contributed by atoms with van der Waals surface area (Å²) < 4.78 is 0.